The molecule has 3 nitrogen and oxygen atoms in total. The van der Waals surface area contributed by atoms with Gasteiger partial charge in [-0.25, -0.2) is 4.98 Å². The van der Waals surface area contributed by atoms with Crippen molar-refractivity contribution < 1.29 is 9.21 Å². The molecular weight excluding hydrogens is 282 g/mol. The Bertz CT molecular complexity index is 981. The number of thiophene rings is 1. The highest BCUT2D eigenvalue weighted by Gasteiger charge is 2.13. The molecule has 102 valence electrons. The van der Waals surface area contributed by atoms with Gasteiger partial charge < -0.3 is 4.42 Å². The minimum Gasteiger partial charge on any atom is -0.435 e. The number of benzene rings is 2. The fourth-order valence-electron chi connectivity index (χ4n) is 2.40. The van der Waals surface area contributed by atoms with Gasteiger partial charge in [-0.3, -0.25) is 4.79 Å². The van der Waals surface area contributed by atoms with E-state index < -0.39 is 0 Å². The number of hydrogen-bond donors (Lipinski definition) is 0. The Labute approximate surface area is 124 Å². The van der Waals surface area contributed by atoms with Gasteiger partial charge in [-0.05, 0) is 30.5 Å². The Morgan fingerprint density at radius 3 is 2.76 bits per heavy atom. The minimum atomic E-state index is 0.0628. The summed E-state index contributed by atoms with van der Waals surface area (Å²) in [6, 6.07) is 15.8. The molecule has 4 aromatic rings. The van der Waals surface area contributed by atoms with Gasteiger partial charge in [-0.1, -0.05) is 30.3 Å². The zero-order valence-corrected chi connectivity index (χ0v) is 12.1. The van der Waals surface area contributed by atoms with Gasteiger partial charge >= 0.3 is 0 Å². The lowest BCUT2D eigenvalue weighted by Gasteiger charge is -1.95. The molecule has 0 aliphatic heterocycles. The highest BCUT2D eigenvalue weighted by atomic mass is 32.1. The number of Topliss-reactive ketones (excluding diaryl/α,β-unsaturated/α-hetero) is 1. The summed E-state index contributed by atoms with van der Waals surface area (Å²) in [7, 11) is 0. The normalized spacial score (nSPS) is 11.3. The fourth-order valence-corrected chi connectivity index (χ4v) is 3.23. The van der Waals surface area contributed by atoms with Crippen LogP contribution in [0.2, 0.25) is 0 Å². The number of ketones is 1. The van der Waals surface area contributed by atoms with Crippen molar-refractivity contribution in [1.29, 1.82) is 0 Å². The van der Waals surface area contributed by atoms with E-state index in [1.165, 1.54) is 11.3 Å². The average Bonchev–Trinajstić information content (AvgIpc) is 3.13. The van der Waals surface area contributed by atoms with Crippen LogP contribution in [0.3, 0.4) is 0 Å². The van der Waals surface area contributed by atoms with Crippen molar-refractivity contribution in [2.45, 2.75) is 6.92 Å². The summed E-state index contributed by atoms with van der Waals surface area (Å²) in [4.78, 5) is 17.5. The van der Waals surface area contributed by atoms with Crippen LogP contribution in [0.1, 0.15) is 16.6 Å². The number of fused-ring (bicyclic) bond motifs is 3. The molecule has 0 unspecified atom stereocenters. The van der Waals surface area contributed by atoms with Crippen LogP contribution in [-0.4, -0.2) is 10.8 Å². The van der Waals surface area contributed by atoms with E-state index in [1.807, 2.05) is 42.5 Å². The molecule has 0 aliphatic carbocycles. The maximum absolute atomic E-state index is 11.4. The first-order chi connectivity index (χ1) is 10.2. The van der Waals surface area contributed by atoms with Crippen molar-refractivity contribution >= 4 is 39.0 Å². The summed E-state index contributed by atoms with van der Waals surface area (Å²) in [5, 5.41) is 2.18. The molecule has 0 aliphatic rings. The molecule has 4 rings (SSSR count). The molecule has 2 heterocycles. The van der Waals surface area contributed by atoms with Crippen LogP contribution in [0.4, 0.5) is 0 Å². The first-order valence-corrected chi connectivity index (χ1v) is 7.43. The third-order valence-electron chi connectivity index (χ3n) is 3.44. The van der Waals surface area contributed by atoms with Crippen molar-refractivity contribution in [2.75, 3.05) is 0 Å². The molecule has 0 saturated carbocycles. The quantitative estimate of drug-likeness (QED) is 0.493. The third-order valence-corrected chi connectivity index (χ3v) is 4.62. The maximum Gasteiger partial charge on any atom is 0.237 e. The largest absolute Gasteiger partial charge is 0.435 e. The SMILES string of the molecule is CC(=O)c1ccc(-c2nc3ccc4ccccc4c3o2)s1. The van der Waals surface area contributed by atoms with Crippen LogP contribution < -0.4 is 0 Å². The van der Waals surface area contributed by atoms with Crippen LogP contribution in [0.25, 0.3) is 32.6 Å². The highest BCUT2D eigenvalue weighted by Crippen LogP contribution is 2.33. The van der Waals surface area contributed by atoms with Gasteiger partial charge in [0.2, 0.25) is 5.89 Å². The van der Waals surface area contributed by atoms with Gasteiger partial charge in [-0.15, -0.1) is 11.3 Å². The Kier molecular flexibility index (Phi) is 2.65. The Morgan fingerprint density at radius 2 is 1.95 bits per heavy atom. The fraction of sp³-hybridized carbons (Fsp3) is 0.0588. The van der Waals surface area contributed by atoms with E-state index in [0.717, 1.165) is 31.6 Å². The van der Waals surface area contributed by atoms with E-state index in [9.17, 15) is 4.79 Å². The van der Waals surface area contributed by atoms with Crippen molar-refractivity contribution in [3.05, 3.63) is 53.4 Å². The smallest absolute Gasteiger partial charge is 0.237 e. The summed E-state index contributed by atoms with van der Waals surface area (Å²) in [6.45, 7) is 1.56. The van der Waals surface area contributed by atoms with Gasteiger partial charge in [0.25, 0.3) is 0 Å². The van der Waals surface area contributed by atoms with E-state index in [-0.39, 0.29) is 5.78 Å². The second-order valence-electron chi connectivity index (χ2n) is 4.87. The van der Waals surface area contributed by atoms with Crippen molar-refractivity contribution in [2.24, 2.45) is 0 Å². The van der Waals surface area contributed by atoms with Crippen molar-refractivity contribution in [1.82, 2.24) is 4.98 Å². The average molecular weight is 293 g/mol. The van der Waals surface area contributed by atoms with Crippen LogP contribution in [0.5, 0.6) is 0 Å². The number of carbonyl (C=O) groups is 1. The topological polar surface area (TPSA) is 43.1 Å². The summed E-state index contributed by atoms with van der Waals surface area (Å²) in [5.41, 5.74) is 1.63. The second-order valence-corrected chi connectivity index (χ2v) is 5.96. The van der Waals surface area contributed by atoms with Gasteiger partial charge in [0.15, 0.2) is 11.4 Å². The molecule has 4 heteroatoms. The molecule has 0 bridgehead atoms. The van der Waals surface area contributed by atoms with Gasteiger partial charge in [0.05, 0.1) is 9.75 Å². The first-order valence-electron chi connectivity index (χ1n) is 6.62. The minimum absolute atomic E-state index is 0.0628. The molecule has 0 spiro atoms. The molecule has 2 aromatic carbocycles. The monoisotopic (exact) mass is 293 g/mol. The third kappa shape index (κ3) is 1.96. The zero-order chi connectivity index (χ0) is 14.4. The number of oxazole rings is 1. The van der Waals surface area contributed by atoms with E-state index in [0.29, 0.717) is 5.89 Å². The molecule has 2 aromatic heterocycles. The summed E-state index contributed by atoms with van der Waals surface area (Å²) in [6.07, 6.45) is 0. The maximum atomic E-state index is 11.4. The molecule has 0 saturated heterocycles. The van der Waals surface area contributed by atoms with Crippen LogP contribution in [0.15, 0.2) is 52.9 Å². The second kappa shape index (κ2) is 4.53. The highest BCUT2D eigenvalue weighted by molar-refractivity contribution is 7.17. The van der Waals surface area contributed by atoms with Crippen LogP contribution in [0, 0.1) is 0 Å². The lowest BCUT2D eigenvalue weighted by molar-refractivity contribution is 0.102. The van der Waals surface area contributed by atoms with Crippen LogP contribution in [-0.2, 0) is 0 Å². The molecule has 0 fully saturated rings. The zero-order valence-electron chi connectivity index (χ0n) is 11.3. The number of aromatic nitrogens is 1. The molecule has 0 N–H and O–H groups in total. The molecule has 0 atom stereocenters. The number of nitrogens with zero attached hydrogens (tertiary/aromatic N) is 1. The van der Waals surface area contributed by atoms with E-state index in [4.69, 9.17) is 4.42 Å². The van der Waals surface area contributed by atoms with E-state index in [1.54, 1.807) is 6.92 Å². The summed E-state index contributed by atoms with van der Waals surface area (Å²) < 4.78 is 5.95. The molecule has 21 heavy (non-hydrogen) atoms. The molecule has 0 amide bonds. The molecule has 0 radical (unpaired) electrons. The Morgan fingerprint density at radius 1 is 1.10 bits per heavy atom. The van der Waals surface area contributed by atoms with Gasteiger partial charge in [-0.2, -0.15) is 0 Å². The van der Waals surface area contributed by atoms with Crippen molar-refractivity contribution in [3.8, 4) is 10.8 Å². The number of hydrogen-bond acceptors (Lipinski definition) is 4. The standard InChI is InChI=1S/C17H11NO2S/c1-10(19)14-8-9-15(21-14)17-18-13-7-6-11-4-2-3-5-12(11)16(13)20-17/h2-9H,1H3. The Balaban J connectivity index is 1.93. The first kappa shape index (κ1) is 12.3. The van der Waals surface area contributed by atoms with E-state index >= 15 is 0 Å². The Hall–Kier alpha value is -2.46. The molecular formula is C17H11NO2S. The summed E-state index contributed by atoms with van der Waals surface area (Å²) in [5.74, 6) is 0.631. The van der Waals surface area contributed by atoms with Gasteiger partial charge in [0.1, 0.15) is 5.52 Å². The lowest BCUT2D eigenvalue weighted by atomic mass is 10.1. The van der Waals surface area contributed by atoms with Crippen LogP contribution >= 0.6 is 11.3 Å². The summed E-state index contributed by atoms with van der Waals surface area (Å²) >= 11 is 1.41. The number of carbonyl (C=O) groups excluding carboxylic acids is 1. The predicted octanol–water partition coefficient (Wildman–Crippen LogP) is 4.91. The number of rotatable bonds is 2. The van der Waals surface area contributed by atoms with Crippen molar-refractivity contribution in [3.63, 3.8) is 0 Å². The predicted molar refractivity (Wildman–Crippen MR) is 84.8 cm³/mol. The van der Waals surface area contributed by atoms with E-state index in [2.05, 4.69) is 11.1 Å². The lowest BCUT2D eigenvalue weighted by Crippen LogP contribution is -1.83. The van der Waals surface area contributed by atoms with Gasteiger partial charge in [0, 0.05) is 5.39 Å².